The third-order valence-corrected chi connectivity index (χ3v) is 2.98. The second kappa shape index (κ2) is 2.09. The van der Waals surface area contributed by atoms with Crippen LogP contribution in [0.25, 0.3) is 0 Å². The zero-order valence-electron chi connectivity index (χ0n) is 6.21. The molecule has 2 atom stereocenters. The summed E-state index contributed by atoms with van der Waals surface area (Å²) in [5.74, 6) is 0.581. The van der Waals surface area contributed by atoms with Crippen molar-refractivity contribution in [3.05, 3.63) is 12.2 Å². The molecule has 2 rings (SSSR count). The van der Waals surface area contributed by atoms with E-state index in [4.69, 9.17) is 0 Å². The zero-order valence-corrected chi connectivity index (χ0v) is 6.21. The highest BCUT2D eigenvalue weighted by Crippen LogP contribution is 2.42. The van der Waals surface area contributed by atoms with Gasteiger partial charge in [-0.15, -0.1) is 0 Å². The predicted octanol–water partition coefficient (Wildman–Crippen LogP) is 1.87. The second-order valence-corrected chi connectivity index (χ2v) is 3.60. The summed E-state index contributed by atoms with van der Waals surface area (Å²) in [6.07, 6.45) is 9.84. The van der Waals surface area contributed by atoms with Gasteiger partial charge in [0.25, 0.3) is 0 Å². The van der Waals surface area contributed by atoms with E-state index in [9.17, 15) is 5.11 Å². The average molecular weight is 138 g/mol. The van der Waals surface area contributed by atoms with Crippen molar-refractivity contribution in [2.24, 2.45) is 5.92 Å². The lowest BCUT2D eigenvalue weighted by molar-refractivity contribution is 0.00195. The number of aliphatic hydroxyl groups is 1. The minimum Gasteiger partial charge on any atom is -0.389 e. The summed E-state index contributed by atoms with van der Waals surface area (Å²) in [6, 6.07) is 0. The molecule has 0 unspecified atom stereocenters. The van der Waals surface area contributed by atoms with Crippen molar-refractivity contribution in [1.82, 2.24) is 0 Å². The highest BCUT2D eigenvalue weighted by atomic mass is 16.3. The Morgan fingerprint density at radius 2 is 2.30 bits per heavy atom. The van der Waals surface area contributed by atoms with Gasteiger partial charge >= 0.3 is 0 Å². The Bertz CT molecular complexity index is 162. The summed E-state index contributed by atoms with van der Waals surface area (Å²) in [5, 5.41) is 9.96. The van der Waals surface area contributed by atoms with Gasteiger partial charge in [0.2, 0.25) is 0 Å². The van der Waals surface area contributed by atoms with Crippen LogP contribution in [0.3, 0.4) is 0 Å². The van der Waals surface area contributed by atoms with Gasteiger partial charge in [0.1, 0.15) is 0 Å². The van der Waals surface area contributed by atoms with Crippen LogP contribution in [0.1, 0.15) is 32.1 Å². The number of fused-ring (bicyclic) bond motifs is 1. The molecule has 10 heavy (non-hydrogen) atoms. The molecule has 0 aromatic heterocycles. The van der Waals surface area contributed by atoms with Crippen molar-refractivity contribution in [2.45, 2.75) is 37.7 Å². The van der Waals surface area contributed by atoms with Crippen LogP contribution >= 0.6 is 0 Å². The van der Waals surface area contributed by atoms with Crippen LogP contribution in [0, 0.1) is 5.92 Å². The largest absolute Gasteiger partial charge is 0.389 e. The van der Waals surface area contributed by atoms with Crippen LogP contribution < -0.4 is 0 Å². The van der Waals surface area contributed by atoms with Gasteiger partial charge in [0.15, 0.2) is 0 Å². The van der Waals surface area contributed by atoms with Crippen molar-refractivity contribution in [2.75, 3.05) is 0 Å². The normalized spacial score (nSPS) is 45.5. The van der Waals surface area contributed by atoms with Crippen molar-refractivity contribution in [3.63, 3.8) is 0 Å². The standard InChI is InChI=1S/C9H14O/c10-9-6-2-1-4-8(9)5-3-7-9/h1-2,8,10H,3-7H2/t8-,9+/m0/s1. The first-order chi connectivity index (χ1) is 4.81. The molecule has 0 heterocycles. The molecular formula is C9H14O. The van der Waals surface area contributed by atoms with Crippen molar-refractivity contribution >= 4 is 0 Å². The quantitative estimate of drug-likeness (QED) is 0.507. The van der Waals surface area contributed by atoms with Gasteiger partial charge in [-0.05, 0) is 31.6 Å². The highest BCUT2D eigenvalue weighted by Gasteiger charge is 2.40. The first-order valence-electron chi connectivity index (χ1n) is 4.19. The molecular weight excluding hydrogens is 124 g/mol. The van der Waals surface area contributed by atoms with E-state index in [2.05, 4.69) is 12.2 Å². The van der Waals surface area contributed by atoms with E-state index >= 15 is 0 Å². The Hall–Kier alpha value is -0.300. The third kappa shape index (κ3) is 0.807. The summed E-state index contributed by atoms with van der Waals surface area (Å²) >= 11 is 0. The smallest absolute Gasteiger partial charge is 0.0713 e. The lowest BCUT2D eigenvalue weighted by Gasteiger charge is -2.31. The SMILES string of the molecule is O[C@@]12CC=CC[C@H]1CCC2. The van der Waals surface area contributed by atoms with Gasteiger partial charge in [-0.1, -0.05) is 18.6 Å². The second-order valence-electron chi connectivity index (χ2n) is 3.60. The van der Waals surface area contributed by atoms with E-state index in [1.54, 1.807) is 0 Å². The van der Waals surface area contributed by atoms with Gasteiger partial charge in [-0.3, -0.25) is 0 Å². The maximum Gasteiger partial charge on any atom is 0.0713 e. The van der Waals surface area contributed by atoms with E-state index in [0.29, 0.717) is 5.92 Å². The van der Waals surface area contributed by atoms with Crippen molar-refractivity contribution < 1.29 is 5.11 Å². The third-order valence-electron chi connectivity index (χ3n) is 2.98. The Labute approximate surface area is 61.8 Å². The van der Waals surface area contributed by atoms with E-state index in [1.807, 2.05) is 0 Å². The number of rotatable bonds is 0. The maximum atomic E-state index is 9.96. The maximum absolute atomic E-state index is 9.96. The summed E-state index contributed by atoms with van der Waals surface area (Å²) < 4.78 is 0. The molecule has 2 aliphatic rings. The minimum absolute atomic E-state index is 0.297. The molecule has 1 heteroatoms. The number of allylic oxidation sites excluding steroid dienone is 1. The van der Waals surface area contributed by atoms with Crippen LogP contribution in [0.2, 0.25) is 0 Å². The molecule has 1 saturated carbocycles. The number of hydrogen-bond donors (Lipinski definition) is 1. The summed E-state index contributed by atoms with van der Waals surface area (Å²) in [7, 11) is 0. The fraction of sp³-hybridized carbons (Fsp3) is 0.778. The van der Waals surface area contributed by atoms with Crippen molar-refractivity contribution in [3.8, 4) is 0 Å². The van der Waals surface area contributed by atoms with Gasteiger partial charge in [0.05, 0.1) is 5.60 Å². The molecule has 0 saturated heterocycles. The van der Waals surface area contributed by atoms with E-state index in [1.165, 1.54) is 12.8 Å². The monoisotopic (exact) mass is 138 g/mol. The van der Waals surface area contributed by atoms with Crippen LogP contribution in [-0.4, -0.2) is 10.7 Å². The summed E-state index contributed by atoms with van der Waals surface area (Å²) in [4.78, 5) is 0. The molecule has 1 N–H and O–H groups in total. The molecule has 0 bridgehead atoms. The highest BCUT2D eigenvalue weighted by molar-refractivity contribution is 5.05. The molecule has 56 valence electrons. The Morgan fingerprint density at radius 1 is 1.40 bits per heavy atom. The molecule has 0 radical (unpaired) electrons. The number of hydrogen-bond acceptors (Lipinski definition) is 1. The van der Waals surface area contributed by atoms with Crippen LogP contribution in [0.4, 0.5) is 0 Å². The van der Waals surface area contributed by atoms with Crippen LogP contribution in [-0.2, 0) is 0 Å². The van der Waals surface area contributed by atoms with E-state index in [-0.39, 0.29) is 5.60 Å². The van der Waals surface area contributed by atoms with Crippen LogP contribution in [0.5, 0.6) is 0 Å². The first-order valence-corrected chi connectivity index (χ1v) is 4.19. The topological polar surface area (TPSA) is 20.2 Å². The van der Waals surface area contributed by atoms with E-state index < -0.39 is 0 Å². The Kier molecular flexibility index (Phi) is 1.34. The van der Waals surface area contributed by atoms with Gasteiger partial charge in [0, 0.05) is 0 Å². The molecule has 0 aromatic carbocycles. The van der Waals surface area contributed by atoms with Gasteiger partial charge < -0.3 is 5.11 Å². The van der Waals surface area contributed by atoms with Crippen molar-refractivity contribution in [1.29, 1.82) is 0 Å². The molecule has 0 spiro atoms. The molecule has 1 nitrogen and oxygen atoms in total. The zero-order chi connectivity index (χ0) is 7.03. The van der Waals surface area contributed by atoms with Gasteiger partial charge in [-0.2, -0.15) is 0 Å². The molecule has 1 fully saturated rings. The van der Waals surface area contributed by atoms with Crippen LogP contribution in [0.15, 0.2) is 12.2 Å². The molecule has 0 amide bonds. The van der Waals surface area contributed by atoms with E-state index in [0.717, 1.165) is 19.3 Å². The lowest BCUT2D eigenvalue weighted by Crippen LogP contribution is -2.33. The average Bonchev–Trinajstić information content (AvgIpc) is 2.29. The first kappa shape index (κ1) is 6.41. The fourth-order valence-electron chi connectivity index (χ4n) is 2.28. The Morgan fingerprint density at radius 3 is 3.10 bits per heavy atom. The minimum atomic E-state index is -0.297. The Balaban J connectivity index is 2.20. The predicted molar refractivity (Wildman–Crippen MR) is 40.7 cm³/mol. The molecule has 0 aliphatic heterocycles. The summed E-state index contributed by atoms with van der Waals surface area (Å²) in [6.45, 7) is 0. The molecule has 2 aliphatic carbocycles. The molecule has 0 aromatic rings. The summed E-state index contributed by atoms with van der Waals surface area (Å²) in [5.41, 5.74) is -0.297. The lowest BCUT2D eigenvalue weighted by atomic mass is 9.82. The van der Waals surface area contributed by atoms with Gasteiger partial charge in [-0.25, -0.2) is 0 Å². The fourth-order valence-corrected chi connectivity index (χ4v) is 2.28.